The number of aromatic hydroxyl groups is 1. The molecule has 3 aliphatic carbocycles. The van der Waals surface area contributed by atoms with E-state index >= 15 is 0 Å². The van der Waals surface area contributed by atoms with Gasteiger partial charge in [0.1, 0.15) is 11.5 Å². The van der Waals surface area contributed by atoms with Crippen LogP contribution in [0.5, 0.6) is 5.75 Å². The van der Waals surface area contributed by atoms with Crippen LogP contribution in [0.4, 0.5) is 22.0 Å². The lowest BCUT2D eigenvalue weighted by Crippen LogP contribution is -2.49. The number of carbonyl (C=O) groups excluding carboxylic acids is 1. The Hall–Kier alpha value is -3.57. The predicted molar refractivity (Wildman–Crippen MR) is 115 cm³/mol. The number of rotatable bonds is 5. The Bertz CT molecular complexity index is 1280. The first-order chi connectivity index (χ1) is 17.0. The Morgan fingerprint density at radius 2 is 1.75 bits per heavy atom. The van der Waals surface area contributed by atoms with Crippen molar-refractivity contribution < 1.29 is 36.4 Å². The van der Waals surface area contributed by atoms with E-state index in [-0.39, 0.29) is 23.2 Å². The molecule has 7 nitrogen and oxygen atoms in total. The first-order valence-corrected chi connectivity index (χ1v) is 11.3. The van der Waals surface area contributed by atoms with Gasteiger partial charge < -0.3 is 14.9 Å². The van der Waals surface area contributed by atoms with E-state index in [2.05, 4.69) is 20.4 Å². The van der Waals surface area contributed by atoms with E-state index in [1.54, 1.807) is 0 Å². The molecule has 2 N–H and O–H groups in total. The summed E-state index contributed by atoms with van der Waals surface area (Å²) in [5, 5.41) is 15.9. The van der Waals surface area contributed by atoms with Crippen LogP contribution in [0.15, 0.2) is 35.0 Å². The van der Waals surface area contributed by atoms with Gasteiger partial charge in [0.15, 0.2) is 11.6 Å². The summed E-state index contributed by atoms with van der Waals surface area (Å²) in [6, 6.07) is 3.35. The molecular weight excluding hydrogens is 487 g/mol. The van der Waals surface area contributed by atoms with Crippen LogP contribution in [0.2, 0.25) is 0 Å². The van der Waals surface area contributed by atoms with Gasteiger partial charge in [0.05, 0.1) is 5.56 Å². The standard InChI is InChI=1S/C24H21F5N4O3/c25-15-10-17(34)16(26)9-14(15)20(35)31-12-22-3-6-23(7-4-22,8-5-22)21-32-19(33-36-21)13-1-2-18(30-11-13)24(27,28)29/h1-2,9-11,34H,3-8,12H2,(H,31,35). The number of fused-ring (bicyclic) bond motifs is 3. The van der Waals surface area contributed by atoms with Gasteiger partial charge in [-0.2, -0.15) is 18.2 Å². The average Bonchev–Trinajstić information content (AvgIpc) is 3.37. The zero-order chi connectivity index (χ0) is 25.7. The fourth-order valence-corrected chi connectivity index (χ4v) is 5.17. The summed E-state index contributed by atoms with van der Waals surface area (Å²) < 4.78 is 71.4. The Morgan fingerprint density at radius 3 is 2.36 bits per heavy atom. The van der Waals surface area contributed by atoms with E-state index in [0.29, 0.717) is 42.8 Å². The number of benzene rings is 1. The van der Waals surface area contributed by atoms with Crippen LogP contribution >= 0.6 is 0 Å². The third kappa shape index (κ3) is 4.28. The maximum atomic E-state index is 14.0. The van der Waals surface area contributed by atoms with Crippen molar-refractivity contribution in [3.8, 4) is 17.1 Å². The molecule has 2 bridgehead atoms. The number of nitrogens with zero attached hydrogens (tertiary/aromatic N) is 3. The molecule has 0 spiro atoms. The normalized spacial score (nSPS) is 23.6. The lowest BCUT2D eigenvalue weighted by Gasteiger charge is -2.51. The summed E-state index contributed by atoms with van der Waals surface area (Å²) in [5.74, 6) is -3.11. The number of phenolic OH excluding ortho intramolecular Hbond substituents is 1. The second-order valence-electron chi connectivity index (χ2n) is 9.60. The first kappa shape index (κ1) is 24.1. The molecular formula is C24H21F5N4O3. The Labute approximate surface area is 201 Å². The molecule has 36 heavy (non-hydrogen) atoms. The van der Waals surface area contributed by atoms with Gasteiger partial charge in [-0.25, -0.2) is 8.78 Å². The summed E-state index contributed by atoms with van der Waals surface area (Å²) in [6.07, 6.45) is 0.851. The smallest absolute Gasteiger partial charge is 0.433 e. The summed E-state index contributed by atoms with van der Waals surface area (Å²) in [6.45, 7) is 0.288. The van der Waals surface area contributed by atoms with Crippen molar-refractivity contribution in [1.29, 1.82) is 0 Å². The van der Waals surface area contributed by atoms with E-state index in [9.17, 15) is 31.9 Å². The molecule has 12 heteroatoms. The number of aromatic nitrogens is 3. The van der Waals surface area contributed by atoms with Crippen molar-refractivity contribution in [3.63, 3.8) is 0 Å². The zero-order valence-corrected chi connectivity index (χ0v) is 18.8. The third-order valence-electron chi connectivity index (χ3n) is 7.50. The fourth-order valence-electron chi connectivity index (χ4n) is 5.17. The van der Waals surface area contributed by atoms with E-state index in [1.165, 1.54) is 6.07 Å². The van der Waals surface area contributed by atoms with Gasteiger partial charge in [0.2, 0.25) is 11.7 Å². The highest BCUT2D eigenvalue weighted by atomic mass is 19.4. The summed E-state index contributed by atoms with van der Waals surface area (Å²) in [4.78, 5) is 20.3. The van der Waals surface area contributed by atoms with Gasteiger partial charge in [-0.3, -0.25) is 9.78 Å². The second-order valence-corrected chi connectivity index (χ2v) is 9.60. The van der Waals surface area contributed by atoms with Crippen LogP contribution in [0.25, 0.3) is 11.4 Å². The molecule has 0 aliphatic heterocycles. The Balaban J connectivity index is 1.24. The quantitative estimate of drug-likeness (QED) is 0.462. The molecule has 0 saturated heterocycles. The number of halogens is 5. The van der Waals surface area contributed by atoms with Crippen molar-refractivity contribution in [2.45, 2.75) is 50.1 Å². The van der Waals surface area contributed by atoms with Gasteiger partial charge >= 0.3 is 6.18 Å². The molecule has 3 aromatic rings. The largest absolute Gasteiger partial charge is 0.505 e. The third-order valence-corrected chi connectivity index (χ3v) is 7.50. The number of amides is 1. The van der Waals surface area contributed by atoms with Crippen LogP contribution in [0.3, 0.4) is 0 Å². The number of hydrogen-bond donors (Lipinski definition) is 2. The van der Waals surface area contributed by atoms with Gasteiger partial charge in [-0.15, -0.1) is 0 Å². The van der Waals surface area contributed by atoms with Crippen molar-refractivity contribution in [3.05, 3.63) is 59.2 Å². The molecule has 2 aromatic heterocycles. The Morgan fingerprint density at radius 1 is 1.06 bits per heavy atom. The highest BCUT2D eigenvalue weighted by Gasteiger charge is 2.52. The van der Waals surface area contributed by atoms with E-state index < -0.39 is 40.7 Å². The maximum absolute atomic E-state index is 14.0. The number of phenols is 1. The van der Waals surface area contributed by atoms with Crippen LogP contribution in [0, 0.1) is 17.0 Å². The van der Waals surface area contributed by atoms with E-state index in [1.807, 2.05) is 0 Å². The molecule has 3 fully saturated rings. The zero-order valence-electron chi connectivity index (χ0n) is 18.8. The van der Waals surface area contributed by atoms with Crippen LogP contribution in [0.1, 0.15) is 60.5 Å². The van der Waals surface area contributed by atoms with Crippen LogP contribution in [-0.2, 0) is 11.6 Å². The summed E-state index contributed by atoms with van der Waals surface area (Å²) in [7, 11) is 0. The highest BCUT2D eigenvalue weighted by molar-refractivity contribution is 5.94. The van der Waals surface area contributed by atoms with Crippen LogP contribution in [-0.4, -0.2) is 32.7 Å². The molecule has 3 saturated carbocycles. The molecule has 3 aliphatic rings. The summed E-state index contributed by atoms with van der Waals surface area (Å²) in [5.41, 5.74) is -1.73. The first-order valence-electron chi connectivity index (χ1n) is 11.3. The number of hydrogen-bond acceptors (Lipinski definition) is 6. The molecule has 2 heterocycles. The van der Waals surface area contributed by atoms with E-state index in [4.69, 9.17) is 4.52 Å². The minimum Gasteiger partial charge on any atom is -0.505 e. The molecule has 190 valence electrons. The molecule has 1 aromatic carbocycles. The van der Waals surface area contributed by atoms with Crippen LogP contribution < -0.4 is 5.32 Å². The molecule has 1 amide bonds. The molecule has 0 atom stereocenters. The number of carbonyl (C=O) groups is 1. The van der Waals surface area contributed by atoms with E-state index in [0.717, 1.165) is 31.5 Å². The minimum atomic E-state index is -4.54. The SMILES string of the molecule is O=C(NCC12CCC(c3nc(-c4ccc(C(F)(F)F)nc4)no3)(CC1)CC2)c1cc(F)c(O)cc1F. The monoisotopic (exact) mass is 508 g/mol. The highest BCUT2D eigenvalue weighted by Crippen LogP contribution is 2.57. The second kappa shape index (κ2) is 8.52. The molecule has 6 rings (SSSR count). The van der Waals surface area contributed by atoms with Gasteiger partial charge in [0, 0.05) is 29.8 Å². The van der Waals surface area contributed by atoms with Crippen molar-refractivity contribution >= 4 is 5.91 Å². The van der Waals surface area contributed by atoms with Gasteiger partial charge in [-0.1, -0.05) is 5.16 Å². The van der Waals surface area contributed by atoms with Gasteiger partial charge in [-0.05, 0) is 62.1 Å². The van der Waals surface area contributed by atoms with Crippen molar-refractivity contribution in [2.75, 3.05) is 6.54 Å². The molecule has 0 radical (unpaired) electrons. The number of pyridine rings is 1. The number of nitrogens with one attached hydrogen (secondary N) is 1. The maximum Gasteiger partial charge on any atom is 0.433 e. The molecule has 0 unspecified atom stereocenters. The fraction of sp³-hybridized carbons (Fsp3) is 0.417. The summed E-state index contributed by atoms with van der Waals surface area (Å²) >= 11 is 0. The predicted octanol–water partition coefficient (Wildman–Crippen LogP) is 5.16. The topological polar surface area (TPSA) is 101 Å². The lowest BCUT2D eigenvalue weighted by molar-refractivity contribution is -0.141. The minimum absolute atomic E-state index is 0.165. The number of alkyl halides is 3. The average molecular weight is 508 g/mol. The van der Waals surface area contributed by atoms with Crippen molar-refractivity contribution in [2.24, 2.45) is 5.41 Å². The van der Waals surface area contributed by atoms with Crippen molar-refractivity contribution in [1.82, 2.24) is 20.4 Å². The van der Waals surface area contributed by atoms with Gasteiger partial charge in [0.25, 0.3) is 5.91 Å². The Kier molecular flexibility index (Phi) is 5.72. The lowest BCUT2D eigenvalue weighted by atomic mass is 9.53.